The molecule has 8 nitrogen and oxygen atoms in total. The van der Waals surface area contributed by atoms with Crippen molar-refractivity contribution in [2.45, 2.75) is 45.6 Å². The lowest BCUT2D eigenvalue weighted by Gasteiger charge is -2.20. The lowest BCUT2D eigenvalue weighted by atomic mass is 9.94. The highest BCUT2D eigenvalue weighted by molar-refractivity contribution is 7.16. The maximum Gasteiger partial charge on any atom is 0.416 e. The molecule has 0 amide bonds. The van der Waals surface area contributed by atoms with Crippen LogP contribution >= 0.6 is 11.3 Å². The zero-order valence-corrected chi connectivity index (χ0v) is 21.3. The van der Waals surface area contributed by atoms with E-state index in [4.69, 9.17) is 15.6 Å². The van der Waals surface area contributed by atoms with Crippen molar-refractivity contribution in [3.05, 3.63) is 68.6 Å². The minimum Gasteiger partial charge on any atom is -0.428 e. The Kier molecular flexibility index (Phi) is 7.71. The number of ether oxygens (including phenoxy) is 1. The number of hydrogen-bond donors (Lipinski definition) is 4. The number of hydrogen-bond acceptors (Lipinski definition) is 8. The number of pyridine rings is 1. The minimum absolute atomic E-state index is 0.0326. The molecule has 1 aromatic carbocycles. The van der Waals surface area contributed by atoms with E-state index in [1.54, 1.807) is 13.1 Å². The van der Waals surface area contributed by atoms with Gasteiger partial charge in [0.25, 0.3) is 5.56 Å². The molecule has 1 atom stereocenters. The van der Waals surface area contributed by atoms with Crippen molar-refractivity contribution in [1.29, 1.82) is 10.8 Å². The predicted octanol–water partition coefficient (Wildman–Crippen LogP) is 5.15. The van der Waals surface area contributed by atoms with Gasteiger partial charge in [-0.2, -0.15) is 13.2 Å². The molecule has 1 aliphatic rings. The van der Waals surface area contributed by atoms with Gasteiger partial charge < -0.3 is 19.7 Å². The monoisotopic (exact) mass is 543 g/mol. The summed E-state index contributed by atoms with van der Waals surface area (Å²) in [4.78, 5) is 17.8. The average Bonchev–Trinajstić information content (AvgIpc) is 3.55. The standard InChI is InChI=1S/C26H24F3N5O3S/c1-14-3-7-17(26(27,28)29)9-19(14)21-12-34(13-22(31)37-15(2)30)23(35)10-20(21)24(36)33-25-32-11-18(38-25)8-6-16-4-5-16/h3,7,9-12,16,24,30-31,36H,4-5,13H2,1-2H3,(H,32,33). The second-order valence-electron chi connectivity index (χ2n) is 8.84. The molecule has 12 heteroatoms. The Labute approximate surface area is 220 Å². The summed E-state index contributed by atoms with van der Waals surface area (Å²) in [5, 5.41) is 29.4. The molecule has 2 aromatic heterocycles. The van der Waals surface area contributed by atoms with Gasteiger partial charge in [-0.05, 0) is 43.0 Å². The van der Waals surface area contributed by atoms with E-state index in [-0.39, 0.29) is 29.1 Å². The first kappa shape index (κ1) is 27.1. The molecule has 38 heavy (non-hydrogen) atoms. The fourth-order valence-electron chi connectivity index (χ4n) is 3.62. The van der Waals surface area contributed by atoms with Gasteiger partial charge >= 0.3 is 6.18 Å². The molecule has 0 aliphatic heterocycles. The van der Waals surface area contributed by atoms with Crippen LogP contribution in [0.1, 0.15) is 47.6 Å². The molecule has 4 N–H and O–H groups in total. The van der Waals surface area contributed by atoms with Gasteiger partial charge in [0.05, 0.1) is 16.6 Å². The Balaban J connectivity index is 1.74. The Morgan fingerprint density at radius 3 is 2.71 bits per heavy atom. The summed E-state index contributed by atoms with van der Waals surface area (Å²) in [5.74, 6) is 5.90. The smallest absolute Gasteiger partial charge is 0.416 e. The van der Waals surface area contributed by atoms with Crippen LogP contribution in [0, 0.1) is 35.5 Å². The Bertz CT molecular complexity index is 1510. The third kappa shape index (κ3) is 6.67. The Hall–Kier alpha value is -3.95. The third-order valence-corrected chi connectivity index (χ3v) is 6.48. The summed E-state index contributed by atoms with van der Waals surface area (Å²) in [6.07, 6.45) is -1.12. The first-order valence-corrected chi connectivity index (χ1v) is 12.4. The topological polar surface area (TPSA) is 124 Å². The molecule has 3 aromatic rings. The van der Waals surface area contributed by atoms with E-state index in [0.29, 0.717) is 21.5 Å². The summed E-state index contributed by atoms with van der Waals surface area (Å²) >= 11 is 1.21. The van der Waals surface area contributed by atoms with E-state index in [0.717, 1.165) is 35.6 Å². The van der Waals surface area contributed by atoms with Gasteiger partial charge in [-0.3, -0.25) is 15.6 Å². The summed E-state index contributed by atoms with van der Waals surface area (Å²) in [6, 6.07) is 4.32. The van der Waals surface area contributed by atoms with Crippen molar-refractivity contribution < 1.29 is 23.0 Å². The van der Waals surface area contributed by atoms with Crippen molar-refractivity contribution in [2.24, 2.45) is 5.92 Å². The SMILES string of the molecule is CC(=N)OC(=N)Cn1cc(-c2cc(C(F)(F)F)ccc2C)c(C(O)Nc2ncc(C#CC3CC3)s2)cc1=O. The minimum atomic E-state index is -4.61. The largest absolute Gasteiger partial charge is 0.428 e. The number of aliphatic hydroxyl groups excluding tert-OH is 1. The lowest BCUT2D eigenvalue weighted by molar-refractivity contribution is -0.137. The highest BCUT2D eigenvalue weighted by Crippen LogP contribution is 2.36. The van der Waals surface area contributed by atoms with E-state index < -0.39 is 29.4 Å². The van der Waals surface area contributed by atoms with Crippen LogP contribution in [-0.4, -0.2) is 26.5 Å². The van der Waals surface area contributed by atoms with Crippen molar-refractivity contribution in [3.63, 3.8) is 0 Å². The average molecular weight is 544 g/mol. The zero-order valence-electron chi connectivity index (χ0n) is 20.4. The van der Waals surface area contributed by atoms with Gasteiger partial charge in [-0.15, -0.1) is 0 Å². The molecule has 1 aliphatic carbocycles. The van der Waals surface area contributed by atoms with Crippen molar-refractivity contribution in [3.8, 4) is 23.0 Å². The quantitative estimate of drug-likeness (QED) is 0.148. The van der Waals surface area contributed by atoms with Crippen LogP contribution < -0.4 is 10.9 Å². The van der Waals surface area contributed by atoms with Crippen molar-refractivity contribution in [1.82, 2.24) is 9.55 Å². The second kappa shape index (κ2) is 10.8. The van der Waals surface area contributed by atoms with E-state index in [1.807, 2.05) is 0 Å². The summed E-state index contributed by atoms with van der Waals surface area (Å²) in [5.41, 5.74) is -0.706. The van der Waals surface area contributed by atoms with Gasteiger partial charge in [-0.1, -0.05) is 29.2 Å². The highest BCUT2D eigenvalue weighted by Gasteiger charge is 2.31. The van der Waals surface area contributed by atoms with Gasteiger partial charge in [0, 0.05) is 36.2 Å². The van der Waals surface area contributed by atoms with Crippen LogP contribution in [0.4, 0.5) is 18.3 Å². The highest BCUT2D eigenvalue weighted by atomic mass is 32.1. The second-order valence-corrected chi connectivity index (χ2v) is 9.87. The van der Waals surface area contributed by atoms with Crippen LogP contribution in [0.5, 0.6) is 0 Å². The number of thiazole rings is 1. The van der Waals surface area contributed by atoms with Crippen LogP contribution in [0.2, 0.25) is 0 Å². The number of anilines is 1. The van der Waals surface area contributed by atoms with Crippen molar-refractivity contribution >= 4 is 28.3 Å². The fraction of sp³-hybridized carbons (Fsp3) is 0.308. The zero-order chi connectivity index (χ0) is 27.6. The first-order valence-electron chi connectivity index (χ1n) is 11.6. The maximum absolute atomic E-state index is 13.5. The van der Waals surface area contributed by atoms with Gasteiger partial charge in [0.1, 0.15) is 6.54 Å². The summed E-state index contributed by atoms with van der Waals surface area (Å²) in [6.45, 7) is 2.57. The third-order valence-electron chi connectivity index (χ3n) is 5.64. The van der Waals surface area contributed by atoms with E-state index in [9.17, 15) is 23.1 Å². The number of benzene rings is 1. The number of rotatable bonds is 6. The Morgan fingerprint density at radius 1 is 1.32 bits per heavy atom. The molecule has 198 valence electrons. The number of aromatic nitrogens is 2. The number of nitrogens with zero attached hydrogens (tertiary/aromatic N) is 2. The molecule has 1 saturated carbocycles. The number of alkyl halides is 3. The molecule has 1 unspecified atom stereocenters. The van der Waals surface area contributed by atoms with Crippen LogP contribution in [0.15, 0.2) is 41.5 Å². The van der Waals surface area contributed by atoms with Gasteiger partial charge in [-0.25, -0.2) is 4.98 Å². The molecule has 1 fully saturated rings. The summed E-state index contributed by atoms with van der Waals surface area (Å²) < 4.78 is 46.5. The number of halogens is 3. The van der Waals surface area contributed by atoms with E-state index in [2.05, 4.69) is 22.1 Å². The summed E-state index contributed by atoms with van der Waals surface area (Å²) in [7, 11) is 0. The van der Waals surface area contributed by atoms with Crippen LogP contribution in [-0.2, 0) is 17.5 Å². The molecular formula is C26H24F3N5O3S. The predicted molar refractivity (Wildman–Crippen MR) is 138 cm³/mol. The number of aliphatic hydroxyl groups is 1. The fourth-order valence-corrected chi connectivity index (χ4v) is 4.32. The molecular weight excluding hydrogens is 519 g/mol. The van der Waals surface area contributed by atoms with Gasteiger partial charge in [0.15, 0.2) is 17.3 Å². The van der Waals surface area contributed by atoms with E-state index >= 15 is 0 Å². The van der Waals surface area contributed by atoms with Crippen molar-refractivity contribution in [2.75, 3.05) is 5.32 Å². The Morgan fingerprint density at radius 2 is 2.05 bits per heavy atom. The van der Waals surface area contributed by atoms with Crippen LogP contribution in [0.3, 0.4) is 0 Å². The normalized spacial score (nSPS) is 13.8. The maximum atomic E-state index is 13.5. The number of aryl methyl sites for hydroxylation is 1. The molecule has 0 bridgehead atoms. The number of nitrogens with one attached hydrogen (secondary N) is 3. The molecule has 4 rings (SSSR count). The lowest BCUT2D eigenvalue weighted by Crippen LogP contribution is -2.27. The van der Waals surface area contributed by atoms with Crippen LogP contribution in [0.25, 0.3) is 11.1 Å². The van der Waals surface area contributed by atoms with E-state index in [1.165, 1.54) is 30.5 Å². The van der Waals surface area contributed by atoms with Gasteiger partial charge in [0.2, 0.25) is 5.90 Å². The molecule has 0 saturated heterocycles. The molecule has 0 radical (unpaired) electrons. The molecule has 0 spiro atoms. The molecule has 2 heterocycles. The first-order chi connectivity index (χ1) is 17.9.